The van der Waals surface area contributed by atoms with E-state index in [0.717, 1.165) is 11.3 Å². The van der Waals surface area contributed by atoms with Gasteiger partial charge in [-0.3, -0.25) is 9.78 Å². The van der Waals surface area contributed by atoms with Crippen molar-refractivity contribution in [3.05, 3.63) is 53.9 Å². The van der Waals surface area contributed by atoms with Gasteiger partial charge in [-0.1, -0.05) is 6.07 Å². The van der Waals surface area contributed by atoms with Gasteiger partial charge in [0, 0.05) is 18.2 Å². The zero-order valence-corrected chi connectivity index (χ0v) is 19.1. The molecule has 1 aromatic carbocycles. The molecule has 7 nitrogen and oxygen atoms in total. The number of hydrogen-bond donors (Lipinski definition) is 2. The first-order chi connectivity index (χ1) is 14.8. The lowest BCUT2D eigenvalue weighted by Crippen LogP contribution is -2.41. The zero-order chi connectivity index (χ0) is 22.4. The Morgan fingerprint density at radius 3 is 2.55 bits per heavy atom. The number of pyridine rings is 1. The molecule has 1 fully saturated rings. The van der Waals surface area contributed by atoms with Gasteiger partial charge in [0.25, 0.3) is 0 Å². The number of aromatic nitrogens is 1. The number of carbonyl (C=O) groups excluding carboxylic acids is 1. The van der Waals surface area contributed by atoms with E-state index in [9.17, 15) is 13.2 Å². The average molecular weight is 446 g/mol. The minimum atomic E-state index is -3.62. The number of sulfonamides is 1. The molecule has 31 heavy (non-hydrogen) atoms. The van der Waals surface area contributed by atoms with E-state index in [1.165, 1.54) is 0 Å². The highest BCUT2D eigenvalue weighted by Crippen LogP contribution is 2.27. The summed E-state index contributed by atoms with van der Waals surface area (Å²) in [4.78, 5) is 17.1. The number of carbonyl (C=O) groups is 1. The third-order valence-corrected chi connectivity index (χ3v) is 7.18. The van der Waals surface area contributed by atoms with Crippen molar-refractivity contribution >= 4 is 15.9 Å². The van der Waals surface area contributed by atoms with Crippen molar-refractivity contribution in [2.24, 2.45) is 5.92 Å². The fourth-order valence-corrected chi connectivity index (χ4v) is 5.29. The lowest BCUT2D eigenvalue weighted by Gasteiger charge is -2.29. The highest BCUT2D eigenvalue weighted by atomic mass is 32.2. The molecule has 1 saturated carbocycles. The molecule has 168 valence electrons. The summed E-state index contributed by atoms with van der Waals surface area (Å²) < 4.78 is 33.9. The van der Waals surface area contributed by atoms with Crippen LogP contribution in [-0.2, 0) is 14.8 Å². The molecule has 3 rings (SSSR count). The summed E-state index contributed by atoms with van der Waals surface area (Å²) in [6.45, 7) is 6.17. The van der Waals surface area contributed by atoms with Gasteiger partial charge >= 0.3 is 0 Å². The maximum absolute atomic E-state index is 12.8. The van der Waals surface area contributed by atoms with Crippen LogP contribution in [0.25, 0.3) is 0 Å². The number of aryl methyl sites for hydroxylation is 1. The summed E-state index contributed by atoms with van der Waals surface area (Å²) in [5.74, 6) is 0.578. The van der Waals surface area contributed by atoms with E-state index < -0.39 is 10.0 Å². The summed E-state index contributed by atoms with van der Waals surface area (Å²) in [5, 5.41) is 3.02. The normalized spacial score (nSPS) is 20.1. The van der Waals surface area contributed by atoms with Gasteiger partial charge in [-0.25, -0.2) is 13.1 Å². The van der Waals surface area contributed by atoms with E-state index in [1.807, 2.05) is 39.0 Å². The number of hydrogen-bond acceptors (Lipinski definition) is 5. The Morgan fingerprint density at radius 2 is 1.94 bits per heavy atom. The minimum Gasteiger partial charge on any atom is -0.494 e. The number of nitrogens with one attached hydrogen (secondary N) is 2. The third kappa shape index (κ3) is 6.04. The van der Waals surface area contributed by atoms with Crippen LogP contribution in [0.4, 0.5) is 0 Å². The molecule has 2 N–H and O–H groups in total. The lowest BCUT2D eigenvalue weighted by atomic mass is 9.86. The van der Waals surface area contributed by atoms with Gasteiger partial charge in [0.05, 0.1) is 23.2 Å². The van der Waals surface area contributed by atoms with Crippen molar-refractivity contribution < 1.29 is 17.9 Å². The van der Waals surface area contributed by atoms with Crippen molar-refractivity contribution in [2.75, 3.05) is 6.61 Å². The Labute approximate surface area is 184 Å². The van der Waals surface area contributed by atoms with E-state index in [-0.39, 0.29) is 28.8 Å². The molecular formula is C23H31N3O4S. The number of nitrogens with zero attached hydrogens (tertiary/aromatic N) is 1. The Morgan fingerprint density at radius 1 is 1.19 bits per heavy atom. The van der Waals surface area contributed by atoms with Crippen molar-refractivity contribution in [1.82, 2.24) is 15.0 Å². The second-order valence-electron chi connectivity index (χ2n) is 8.02. The van der Waals surface area contributed by atoms with Gasteiger partial charge in [-0.2, -0.15) is 0 Å². The predicted octanol–water partition coefficient (Wildman–Crippen LogP) is 3.50. The topological polar surface area (TPSA) is 97.4 Å². The molecular weight excluding hydrogens is 414 g/mol. The van der Waals surface area contributed by atoms with E-state index in [2.05, 4.69) is 15.0 Å². The highest BCUT2D eigenvalue weighted by Gasteiger charge is 2.30. The van der Waals surface area contributed by atoms with Crippen LogP contribution < -0.4 is 14.8 Å². The van der Waals surface area contributed by atoms with Crippen LogP contribution in [0.15, 0.2) is 47.5 Å². The molecule has 0 radical (unpaired) electrons. The van der Waals surface area contributed by atoms with E-state index in [4.69, 9.17) is 4.74 Å². The summed E-state index contributed by atoms with van der Waals surface area (Å²) in [6.07, 6.45) is 4.27. The molecule has 0 unspecified atom stereocenters. The smallest absolute Gasteiger partial charge is 0.240 e. The molecule has 8 heteroatoms. The van der Waals surface area contributed by atoms with Gasteiger partial charge in [0.15, 0.2) is 0 Å². The van der Waals surface area contributed by atoms with Crippen LogP contribution in [0, 0.1) is 12.8 Å². The van der Waals surface area contributed by atoms with Crippen molar-refractivity contribution in [2.45, 2.75) is 63.4 Å². The van der Waals surface area contributed by atoms with Crippen LogP contribution in [0.3, 0.4) is 0 Å². The third-order valence-electron chi connectivity index (χ3n) is 5.67. The predicted molar refractivity (Wildman–Crippen MR) is 119 cm³/mol. The van der Waals surface area contributed by atoms with Crippen LogP contribution in [-0.4, -0.2) is 32.0 Å². The van der Waals surface area contributed by atoms with Gasteiger partial charge in [-0.15, -0.1) is 0 Å². The summed E-state index contributed by atoms with van der Waals surface area (Å²) in [6, 6.07) is 10.2. The first kappa shape index (κ1) is 23.2. The fraction of sp³-hybridized carbons (Fsp3) is 0.478. The van der Waals surface area contributed by atoms with Crippen LogP contribution >= 0.6 is 0 Å². The number of amides is 1. The molecule has 0 aliphatic heterocycles. The van der Waals surface area contributed by atoms with Crippen molar-refractivity contribution in [3.8, 4) is 5.75 Å². The summed E-state index contributed by atoms with van der Waals surface area (Å²) in [7, 11) is -3.62. The Bertz CT molecular complexity index is 987. The highest BCUT2D eigenvalue weighted by molar-refractivity contribution is 7.89. The molecule has 1 aromatic heterocycles. The number of rotatable bonds is 8. The quantitative estimate of drug-likeness (QED) is 0.648. The van der Waals surface area contributed by atoms with E-state index in [0.29, 0.717) is 38.0 Å². The first-order valence-electron chi connectivity index (χ1n) is 10.8. The zero-order valence-electron chi connectivity index (χ0n) is 18.3. The van der Waals surface area contributed by atoms with Gasteiger partial charge in [-0.05, 0) is 82.3 Å². The van der Waals surface area contributed by atoms with Crippen LogP contribution in [0.1, 0.15) is 56.8 Å². The second kappa shape index (κ2) is 10.2. The molecule has 0 saturated heterocycles. The number of ether oxygens (including phenoxy) is 1. The van der Waals surface area contributed by atoms with Crippen molar-refractivity contribution in [1.29, 1.82) is 0 Å². The minimum absolute atomic E-state index is 0.00148. The average Bonchev–Trinajstić information content (AvgIpc) is 2.76. The van der Waals surface area contributed by atoms with E-state index >= 15 is 0 Å². The Balaban J connectivity index is 1.53. The standard InChI is InChI=1S/C23H31N3O4S/c1-4-30-22-13-12-20(15-16(22)2)31(28,29)26-19-10-8-18(9-11-19)23(27)25-17(3)21-7-5-6-14-24-21/h5-7,12-15,17-19,26H,4,8-11H2,1-3H3,(H,25,27)/t17-,18-,19-/m1/s1. The molecule has 1 atom stereocenters. The molecule has 0 bridgehead atoms. The monoisotopic (exact) mass is 445 g/mol. The molecule has 0 spiro atoms. The first-order valence-corrected chi connectivity index (χ1v) is 12.3. The van der Waals surface area contributed by atoms with E-state index in [1.54, 1.807) is 24.4 Å². The maximum Gasteiger partial charge on any atom is 0.240 e. The maximum atomic E-state index is 12.8. The fourth-order valence-electron chi connectivity index (χ4n) is 3.90. The van der Waals surface area contributed by atoms with Crippen LogP contribution in [0.2, 0.25) is 0 Å². The van der Waals surface area contributed by atoms with Gasteiger partial charge < -0.3 is 10.1 Å². The molecule has 1 heterocycles. The van der Waals surface area contributed by atoms with Crippen LogP contribution in [0.5, 0.6) is 5.75 Å². The molecule has 1 aliphatic rings. The summed E-state index contributed by atoms with van der Waals surface area (Å²) in [5.41, 5.74) is 1.61. The summed E-state index contributed by atoms with van der Waals surface area (Å²) >= 11 is 0. The SMILES string of the molecule is CCOc1ccc(S(=O)(=O)N[C@H]2CC[C@H](C(=O)N[C@H](C)c3ccccn3)CC2)cc1C. The molecule has 1 amide bonds. The second-order valence-corrected chi connectivity index (χ2v) is 9.73. The molecule has 1 aliphatic carbocycles. The lowest BCUT2D eigenvalue weighted by molar-refractivity contribution is -0.126. The Hall–Kier alpha value is -2.45. The Kier molecular flexibility index (Phi) is 7.67. The largest absolute Gasteiger partial charge is 0.494 e. The number of benzene rings is 1. The van der Waals surface area contributed by atoms with Gasteiger partial charge in [0.1, 0.15) is 5.75 Å². The van der Waals surface area contributed by atoms with Gasteiger partial charge in [0.2, 0.25) is 15.9 Å². The molecule has 2 aromatic rings. The van der Waals surface area contributed by atoms with Crippen molar-refractivity contribution in [3.63, 3.8) is 0 Å².